The molecule has 0 saturated carbocycles. The van der Waals surface area contributed by atoms with Crippen LogP contribution in [0.3, 0.4) is 0 Å². The van der Waals surface area contributed by atoms with Crippen molar-refractivity contribution in [3.8, 4) is 0 Å². The number of nitrogens with zero attached hydrogens (tertiary/aromatic N) is 1. The molecule has 28 heavy (non-hydrogen) atoms. The predicted octanol–water partition coefficient (Wildman–Crippen LogP) is 5.55. The molecule has 3 aromatic carbocycles. The number of hydrogen-bond acceptors (Lipinski definition) is 2. The van der Waals surface area contributed by atoms with Crippen LogP contribution in [-0.2, 0) is 6.42 Å². The summed E-state index contributed by atoms with van der Waals surface area (Å²) in [4.78, 5) is 4.84. The van der Waals surface area contributed by atoms with Crippen molar-refractivity contribution in [2.75, 3.05) is 13.1 Å². The van der Waals surface area contributed by atoms with E-state index >= 15 is 0 Å². The Morgan fingerprint density at radius 1 is 0.786 bits per heavy atom. The van der Waals surface area contributed by atoms with Gasteiger partial charge in [-0.25, -0.2) is 4.99 Å². The lowest BCUT2D eigenvalue weighted by Crippen LogP contribution is -2.30. The number of aliphatic imine (C=N–C) groups is 1. The Morgan fingerprint density at radius 2 is 1.39 bits per heavy atom. The van der Waals surface area contributed by atoms with Gasteiger partial charge in [-0.15, -0.1) is 0 Å². The number of halogens is 3. The maximum atomic E-state index is 12.2. The number of benzene rings is 3. The zero-order chi connectivity index (χ0) is 19.8. The van der Waals surface area contributed by atoms with Gasteiger partial charge in [0.2, 0.25) is 0 Å². The molecule has 0 bridgehead atoms. The van der Waals surface area contributed by atoms with Gasteiger partial charge in [-0.3, -0.25) is 0 Å². The van der Waals surface area contributed by atoms with Crippen LogP contribution in [0.1, 0.15) is 16.7 Å². The topological polar surface area (TPSA) is 24.4 Å². The monoisotopic (exact) mass is 382 g/mol. The highest BCUT2D eigenvalue weighted by Crippen LogP contribution is 2.20. The molecule has 5 heteroatoms. The molecule has 0 aliphatic heterocycles. The number of nitrogens with one attached hydrogen (secondary N) is 1. The third-order valence-electron chi connectivity index (χ3n) is 4.16. The summed E-state index contributed by atoms with van der Waals surface area (Å²) in [7, 11) is 0. The van der Waals surface area contributed by atoms with Crippen molar-refractivity contribution in [3.05, 3.63) is 102 Å². The molecule has 0 saturated heterocycles. The first-order valence-electron chi connectivity index (χ1n) is 9.07. The van der Waals surface area contributed by atoms with Crippen molar-refractivity contribution in [1.29, 1.82) is 0 Å². The van der Waals surface area contributed by atoms with Gasteiger partial charge in [-0.2, -0.15) is 13.2 Å². The second-order valence-electron chi connectivity index (χ2n) is 6.40. The van der Waals surface area contributed by atoms with Gasteiger partial charge in [-0.05, 0) is 30.7 Å². The van der Waals surface area contributed by atoms with E-state index in [1.165, 1.54) is 0 Å². The average Bonchev–Trinajstić information content (AvgIpc) is 2.70. The normalized spacial score (nSPS) is 11.2. The lowest BCUT2D eigenvalue weighted by molar-refractivity contribution is -0.124. The van der Waals surface area contributed by atoms with Crippen LogP contribution in [0.15, 0.2) is 89.9 Å². The van der Waals surface area contributed by atoms with Gasteiger partial charge in [-0.1, -0.05) is 72.8 Å². The van der Waals surface area contributed by atoms with Gasteiger partial charge in [0.15, 0.2) is 0 Å². The molecule has 144 valence electrons. The standard InChI is InChI=1S/C23H21F3N2/c24-23(25,26)17-27-15-14-18-8-7-13-21(16-18)28-22(19-9-3-1-4-10-19)20-11-5-2-6-12-20/h1-13,16,27H,14-15,17H2. The lowest BCUT2D eigenvalue weighted by Gasteiger charge is -2.10. The molecular weight excluding hydrogens is 361 g/mol. The summed E-state index contributed by atoms with van der Waals surface area (Å²) in [6.45, 7) is -0.714. The van der Waals surface area contributed by atoms with Gasteiger partial charge >= 0.3 is 6.18 Å². The molecule has 1 N–H and O–H groups in total. The smallest absolute Gasteiger partial charge is 0.308 e. The van der Waals surface area contributed by atoms with Crippen molar-refractivity contribution >= 4 is 11.4 Å². The third kappa shape index (κ3) is 6.06. The zero-order valence-electron chi connectivity index (χ0n) is 15.3. The van der Waals surface area contributed by atoms with Crippen LogP contribution in [0.2, 0.25) is 0 Å². The summed E-state index contributed by atoms with van der Waals surface area (Å²) < 4.78 is 36.7. The highest BCUT2D eigenvalue weighted by molar-refractivity contribution is 6.13. The van der Waals surface area contributed by atoms with E-state index in [9.17, 15) is 13.2 Å². The van der Waals surface area contributed by atoms with Crippen molar-refractivity contribution in [3.63, 3.8) is 0 Å². The molecule has 3 rings (SSSR count). The fraction of sp³-hybridized carbons (Fsp3) is 0.174. The van der Waals surface area contributed by atoms with Crippen LogP contribution >= 0.6 is 0 Å². The lowest BCUT2D eigenvalue weighted by atomic mass is 10.0. The number of alkyl halides is 3. The maximum absolute atomic E-state index is 12.2. The Morgan fingerprint density at radius 3 is 1.96 bits per heavy atom. The first-order chi connectivity index (χ1) is 13.5. The molecule has 0 radical (unpaired) electrons. The van der Waals surface area contributed by atoms with E-state index in [1.54, 1.807) is 0 Å². The molecule has 0 atom stereocenters. The van der Waals surface area contributed by atoms with Gasteiger partial charge in [0.25, 0.3) is 0 Å². The Labute approximate surface area is 162 Å². The van der Waals surface area contributed by atoms with E-state index in [0.717, 1.165) is 28.1 Å². The van der Waals surface area contributed by atoms with Crippen molar-refractivity contribution in [2.45, 2.75) is 12.6 Å². The minimum absolute atomic E-state index is 0.261. The molecule has 0 fully saturated rings. The molecule has 0 heterocycles. The van der Waals surface area contributed by atoms with E-state index in [0.29, 0.717) is 6.42 Å². The summed E-state index contributed by atoms with van der Waals surface area (Å²) in [6, 6.07) is 27.4. The second kappa shape index (κ2) is 9.33. The Balaban J connectivity index is 1.81. The van der Waals surface area contributed by atoms with Gasteiger partial charge < -0.3 is 5.32 Å². The van der Waals surface area contributed by atoms with E-state index in [-0.39, 0.29) is 6.54 Å². The van der Waals surface area contributed by atoms with Crippen LogP contribution in [0.5, 0.6) is 0 Å². The fourth-order valence-corrected chi connectivity index (χ4v) is 2.86. The Bertz CT molecular complexity index is 862. The van der Waals surface area contributed by atoms with E-state index in [2.05, 4.69) is 5.32 Å². The summed E-state index contributed by atoms with van der Waals surface area (Å²) in [6.07, 6.45) is -3.68. The van der Waals surface area contributed by atoms with Gasteiger partial charge in [0.05, 0.1) is 17.9 Å². The predicted molar refractivity (Wildman–Crippen MR) is 107 cm³/mol. The molecule has 0 spiro atoms. The second-order valence-corrected chi connectivity index (χ2v) is 6.40. The summed E-state index contributed by atoms with van der Waals surface area (Å²) in [5.74, 6) is 0. The minimum atomic E-state index is -4.19. The van der Waals surface area contributed by atoms with Crippen molar-refractivity contribution < 1.29 is 13.2 Å². The molecule has 0 unspecified atom stereocenters. The Hall–Kier alpha value is -2.92. The number of rotatable bonds is 7. The van der Waals surface area contributed by atoms with E-state index < -0.39 is 12.7 Å². The molecule has 0 aromatic heterocycles. The van der Waals surface area contributed by atoms with Crippen LogP contribution < -0.4 is 5.32 Å². The number of hydrogen-bond donors (Lipinski definition) is 1. The van der Waals surface area contributed by atoms with E-state index in [4.69, 9.17) is 4.99 Å². The minimum Gasteiger partial charge on any atom is -0.308 e. The van der Waals surface area contributed by atoms with Crippen LogP contribution in [-0.4, -0.2) is 25.0 Å². The highest BCUT2D eigenvalue weighted by atomic mass is 19.4. The van der Waals surface area contributed by atoms with Crippen molar-refractivity contribution in [1.82, 2.24) is 5.32 Å². The molecule has 0 amide bonds. The Kier molecular flexibility index (Phi) is 6.61. The van der Waals surface area contributed by atoms with Crippen LogP contribution in [0.4, 0.5) is 18.9 Å². The van der Waals surface area contributed by atoms with Gasteiger partial charge in [0, 0.05) is 11.1 Å². The molecule has 3 aromatic rings. The third-order valence-corrected chi connectivity index (χ3v) is 4.16. The molecule has 0 aliphatic rings. The van der Waals surface area contributed by atoms with Crippen LogP contribution in [0.25, 0.3) is 0 Å². The molecular formula is C23H21F3N2. The summed E-state index contributed by atoms with van der Waals surface area (Å²) >= 11 is 0. The summed E-state index contributed by atoms with van der Waals surface area (Å²) in [5, 5.41) is 2.42. The first kappa shape index (κ1) is 19.8. The maximum Gasteiger partial charge on any atom is 0.401 e. The highest BCUT2D eigenvalue weighted by Gasteiger charge is 2.25. The average molecular weight is 382 g/mol. The van der Waals surface area contributed by atoms with E-state index in [1.807, 2.05) is 84.9 Å². The van der Waals surface area contributed by atoms with Gasteiger partial charge in [0.1, 0.15) is 0 Å². The molecule has 0 aliphatic carbocycles. The zero-order valence-corrected chi connectivity index (χ0v) is 15.3. The quantitative estimate of drug-likeness (QED) is 0.420. The fourth-order valence-electron chi connectivity index (χ4n) is 2.86. The SMILES string of the molecule is FC(F)(F)CNCCc1cccc(N=C(c2ccccc2)c2ccccc2)c1. The molecule has 2 nitrogen and oxygen atoms in total. The summed E-state index contributed by atoms with van der Waals surface area (Å²) in [5.41, 5.74) is 4.58. The first-order valence-corrected chi connectivity index (χ1v) is 9.07. The van der Waals surface area contributed by atoms with Crippen LogP contribution in [0, 0.1) is 0 Å². The van der Waals surface area contributed by atoms with Crippen molar-refractivity contribution in [2.24, 2.45) is 4.99 Å². The largest absolute Gasteiger partial charge is 0.401 e.